The second kappa shape index (κ2) is 32.8. The molecule has 0 bridgehead atoms. The van der Waals surface area contributed by atoms with Crippen LogP contribution in [-0.2, 0) is 24.0 Å². The number of rotatable bonds is 5. The number of hydrogen-bond acceptors (Lipinski definition) is 9. The van der Waals surface area contributed by atoms with Crippen LogP contribution < -0.4 is 20.4 Å². The van der Waals surface area contributed by atoms with Crippen LogP contribution in [0.2, 0.25) is 0 Å². The van der Waals surface area contributed by atoms with Crippen molar-refractivity contribution in [3.8, 4) is 0 Å². The molecule has 0 saturated carbocycles. The van der Waals surface area contributed by atoms with Crippen molar-refractivity contribution in [3.05, 3.63) is 0 Å². The summed E-state index contributed by atoms with van der Waals surface area (Å²) in [5.41, 5.74) is 0.392. The van der Waals surface area contributed by atoms with Crippen LogP contribution in [0.1, 0.15) is 80.6 Å². The first-order valence-electron chi connectivity index (χ1n) is 8.27. The van der Waals surface area contributed by atoms with Gasteiger partial charge in [0.2, 0.25) is 0 Å². The maximum atomic E-state index is 10.2. The smallest absolute Gasteiger partial charge is 0.550 e. The first-order valence-corrected chi connectivity index (χ1v) is 8.27. The molecule has 4 radical (unpaired) electrons. The summed E-state index contributed by atoms with van der Waals surface area (Å²) in [6.45, 7) is 10.5. The Hall–Kier alpha value is -0.806. The molecule has 0 aromatic rings. The largest absolute Gasteiger partial charge is 2.00 e. The molecule has 30 heavy (non-hydrogen) atoms. The van der Waals surface area contributed by atoms with Crippen LogP contribution in [-0.4, -0.2) is 89.6 Å². The molecule has 0 spiro atoms. The first kappa shape index (κ1) is 47.1. The third-order valence-corrected chi connectivity index (χ3v) is 1.82. The number of hydrogen-bond donors (Lipinski definition) is 1. The van der Waals surface area contributed by atoms with Gasteiger partial charge in [-0.2, -0.15) is 0 Å². The van der Waals surface area contributed by atoms with E-state index in [-0.39, 0.29) is 54.6 Å². The monoisotopic (exact) mass is 824 g/mol. The van der Waals surface area contributed by atoms with Crippen LogP contribution in [0.3, 0.4) is 0 Å². The molecule has 0 rings (SSSR count). The summed E-state index contributed by atoms with van der Waals surface area (Å²) in [4.78, 5) is 45.7. The van der Waals surface area contributed by atoms with Gasteiger partial charge in [-0.25, -0.2) is 0 Å². The summed E-state index contributed by atoms with van der Waals surface area (Å²) in [6.07, 6.45) is 4.53. The molecule has 0 aliphatic carbocycles. The van der Waals surface area contributed by atoms with E-state index in [9.17, 15) is 4.79 Å². The maximum absolute atomic E-state index is 10.2. The standard InChI is InChI=1S/C10H20O2.4C2H4O2.2Pb/c1-10(2,3)8-6-4-5-7-9(11)12;4*1-2(3)4;;/h4-8H2,1-3H3,(H,11,12);4*1H3,(H,3,4);;/q;;;;;2*+2/p-4. The molecule has 172 valence electrons. The van der Waals surface area contributed by atoms with Crippen molar-refractivity contribution in [3.63, 3.8) is 0 Å². The van der Waals surface area contributed by atoms with Gasteiger partial charge in [-0.3, -0.25) is 4.79 Å². The Bertz CT molecular complexity index is 383. The Morgan fingerprint density at radius 3 is 1.03 bits per heavy atom. The third kappa shape index (κ3) is 278. The van der Waals surface area contributed by atoms with Crippen LogP contribution in [0.15, 0.2) is 0 Å². The second-order valence-electron chi connectivity index (χ2n) is 6.48. The van der Waals surface area contributed by atoms with Crippen molar-refractivity contribution in [2.75, 3.05) is 0 Å². The minimum Gasteiger partial charge on any atom is -0.550 e. The van der Waals surface area contributed by atoms with Crippen LogP contribution >= 0.6 is 0 Å². The second-order valence-corrected chi connectivity index (χ2v) is 6.48. The number of carboxylic acid groups (broad SMARTS) is 5. The fourth-order valence-electron chi connectivity index (χ4n) is 1.11. The molecule has 0 amide bonds. The van der Waals surface area contributed by atoms with Gasteiger partial charge in [-0.05, 0) is 46.0 Å². The maximum Gasteiger partial charge on any atom is 2.00 e. The molecular weight excluding hydrogens is 791 g/mol. The molecule has 0 aliphatic heterocycles. The van der Waals surface area contributed by atoms with E-state index in [1.807, 2.05) is 0 Å². The number of carbonyl (C=O) groups is 5. The molecule has 0 saturated heterocycles. The minimum absolute atomic E-state index is 0. The Morgan fingerprint density at radius 1 is 0.633 bits per heavy atom. The first-order chi connectivity index (χ1) is 12.3. The van der Waals surface area contributed by atoms with Gasteiger partial charge in [0, 0.05) is 30.3 Å². The molecule has 12 heteroatoms. The van der Waals surface area contributed by atoms with E-state index in [1.54, 1.807) is 0 Å². The van der Waals surface area contributed by atoms with Gasteiger partial charge >= 0.3 is 60.6 Å². The zero-order chi connectivity index (χ0) is 23.9. The predicted molar refractivity (Wildman–Crippen MR) is 104 cm³/mol. The van der Waals surface area contributed by atoms with E-state index < -0.39 is 29.8 Å². The molecule has 0 heterocycles. The Labute approximate surface area is 218 Å². The van der Waals surface area contributed by atoms with Gasteiger partial charge in [-0.1, -0.05) is 33.6 Å². The van der Waals surface area contributed by atoms with Gasteiger partial charge in [0.15, 0.2) is 0 Å². The van der Waals surface area contributed by atoms with E-state index in [0.29, 0.717) is 11.8 Å². The molecule has 10 nitrogen and oxygen atoms in total. The van der Waals surface area contributed by atoms with E-state index >= 15 is 0 Å². The van der Waals surface area contributed by atoms with Crippen LogP contribution in [0.25, 0.3) is 0 Å². The van der Waals surface area contributed by atoms with Crippen LogP contribution in [0.5, 0.6) is 0 Å². The SMILES string of the molecule is CC(=O)[O-].CC(=O)[O-].CC(=O)[O-].CC(=O)[O-].CC(C)(C)CCCCCC(=O)O.[Pb+2].[Pb+2]. The molecule has 0 atom stereocenters. The van der Waals surface area contributed by atoms with E-state index in [2.05, 4.69) is 20.8 Å². The van der Waals surface area contributed by atoms with Crippen molar-refractivity contribution >= 4 is 84.4 Å². The summed E-state index contributed by atoms with van der Waals surface area (Å²) in [6, 6.07) is 0. The van der Waals surface area contributed by atoms with E-state index in [0.717, 1.165) is 47.0 Å². The van der Waals surface area contributed by atoms with Crippen molar-refractivity contribution in [1.82, 2.24) is 0 Å². The van der Waals surface area contributed by atoms with Crippen molar-refractivity contribution in [2.45, 2.75) is 80.6 Å². The number of aliphatic carboxylic acids is 5. The fraction of sp³-hybridized carbons (Fsp3) is 0.722. The summed E-state index contributed by atoms with van der Waals surface area (Å²) in [7, 11) is 0. The molecular formula is C18H32O10Pb2. The Kier molecular flexibility index (Phi) is 51.6. The average molecular weight is 823 g/mol. The summed E-state index contributed by atoms with van der Waals surface area (Å²) < 4.78 is 0. The Morgan fingerprint density at radius 2 is 0.867 bits per heavy atom. The quantitative estimate of drug-likeness (QED) is 0.226. The zero-order valence-electron chi connectivity index (χ0n) is 18.7. The topological polar surface area (TPSA) is 198 Å². The number of carbonyl (C=O) groups excluding carboxylic acids is 4. The zero-order valence-corrected chi connectivity index (χ0v) is 26.4. The van der Waals surface area contributed by atoms with Crippen LogP contribution in [0, 0.1) is 5.41 Å². The molecule has 0 unspecified atom stereocenters. The summed E-state index contributed by atoms with van der Waals surface area (Å²) >= 11 is 0. The van der Waals surface area contributed by atoms with Crippen molar-refractivity contribution in [2.24, 2.45) is 5.41 Å². The molecule has 0 fully saturated rings. The number of unbranched alkanes of at least 4 members (excludes halogenated alkanes) is 2. The van der Waals surface area contributed by atoms with Gasteiger partial charge < -0.3 is 44.7 Å². The molecule has 0 aliphatic rings. The molecule has 0 aromatic heterocycles. The molecule has 0 aromatic carbocycles. The fourth-order valence-corrected chi connectivity index (χ4v) is 1.11. The summed E-state index contributed by atoms with van der Waals surface area (Å²) in [5.74, 6) is -5.01. The predicted octanol–water partition coefficient (Wildman–Crippen LogP) is -2.67. The normalized spacial score (nSPS) is 7.97. The van der Waals surface area contributed by atoms with Crippen molar-refractivity contribution < 1.29 is 49.5 Å². The Balaban J connectivity index is -0.0000000493. The van der Waals surface area contributed by atoms with Gasteiger partial charge in [0.05, 0.1) is 0 Å². The van der Waals surface area contributed by atoms with Gasteiger partial charge in [0.1, 0.15) is 0 Å². The van der Waals surface area contributed by atoms with Gasteiger partial charge in [0.25, 0.3) is 0 Å². The number of carboxylic acids is 5. The van der Waals surface area contributed by atoms with Gasteiger partial charge in [-0.15, -0.1) is 0 Å². The van der Waals surface area contributed by atoms with Crippen LogP contribution in [0.4, 0.5) is 0 Å². The minimum atomic E-state index is -1.08. The van der Waals surface area contributed by atoms with Crippen molar-refractivity contribution in [1.29, 1.82) is 0 Å². The third-order valence-electron chi connectivity index (χ3n) is 1.82. The summed E-state index contributed by atoms with van der Waals surface area (Å²) in [5, 5.41) is 43.9. The van der Waals surface area contributed by atoms with E-state index in [1.165, 1.54) is 6.42 Å². The average Bonchev–Trinajstić information content (AvgIpc) is 2.33. The molecule has 1 N–H and O–H groups in total. The van der Waals surface area contributed by atoms with E-state index in [4.69, 9.17) is 44.7 Å².